The van der Waals surface area contributed by atoms with Gasteiger partial charge < -0.3 is 9.47 Å². The van der Waals surface area contributed by atoms with Crippen LogP contribution in [0.2, 0.25) is 0 Å². The van der Waals surface area contributed by atoms with Crippen molar-refractivity contribution in [3.8, 4) is 17.3 Å². The van der Waals surface area contributed by atoms with Crippen molar-refractivity contribution in [2.45, 2.75) is 30.1 Å². The van der Waals surface area contributed by atoms with E-state index in [4.69, 9.17) is 9.47 Å². The summed E-state index contributed by atoms with van der Waals surface area (Å²) in [5, 5.41) is 4.42. The predicted octanol–water partition coefficient (Wildman–Crippen LogP) is 4.48. The summed E-state index contributed by atoms with van der Waals surface area (Å²) in [5.41, 5.74) is 2.44. The van der Waals surface area contributed by atoms with Gasteiger partial charge in [0.05, 0.1) is 29.8 Å². The maximum absolute atomic E-state index is 13.6. The maximum Gasteiger partial charge on any atom is 0.317 e. The van der Waals surface area contributed by atoms with Crippen LogP contribution < -0.4 is 9.47 Å². The highest BCUT2D eigenvalue weighted by Crippen LogP contribution is 2.34. The molecule has 0 atom stereocenters. The van der Waals surface area contributed by atoms with Crippen LogP contribution in [0.5, 0.6) is 11.6 Å². The van der Waals surface area contributed by atoms with Gasteiger partial charge in [-0.15, -0.1) is 0 Å². The van der Waals surface area contributed by atoms with Gasteiger partial charge in [-0.3, -0.25) is 4.79 Å². The maximum atomic E-state index is 13.6. The Morgan fingerprint density at radius 1 is 0.912 bits per heavy atom. The first-order valence-electron chi connectivity index (χ1n) is 10.6. The summed E-state index contributed by atoms with van der Waals surface area (Å²) in [5.74, 6) is -0.0771. The molecule has 0 amide bonds. The summed E-state index contributed by atoms with van der Waals surface area (Å²) in [6.45, 7) is 3.46. The third-order valence-corrected chi connectivity index (χ3v) is 7.18. The molecule has 4 aromatic rings. The number of esters is 1. The lowest BCUT2D eigenvalue weighted by atomic mass is 10.1. The van der Waals surface area contributed by atoms with Gasteiger partial charge in [0.2, 0.25) is 15.7 Å². The van der Waals surface area contributed by atoms with E-state index in [9.17, 15) is 13.2 Å². The molecule has 0 saturated heterocycles. The molecule has 174 valence electrons. The minimum atomic E-state index is -4.01. The lowest BCUT2D eigenvalue weighted by molar-refractivity contribution is -0.134. The van der Waals surface area contributed by atoms with Crippen molar-refractivity contribution in [1.29, 1.82) is 0 Å². The summed E-state index contributed by atoms with van der Waals surface area (Å²) in [6.07, 6.45) is -0.0486. The largest absolute Gasteiger partial charge is 0.497 e. The van der Waals surface area contributed by atoms with Crippen LogP contribution >= 0.6 is 0 Å². The van der Waals surface area contributed by atoms with E-state index in [1.54, 1.807) is 74.7 Å². The number of rotatable bonds is 7. The predicted molar refractivity (Wildman–Crippen MR) is 127 cm³/mol. The highest BCUT2D eigenvalue weighted by atomic mass is 32.2. The van der Waals surface area contributed by atoms with Crippen molar-refractivity contribution in [2.75, 3.05) is 7.11 Å². The average Bonchev–Trinajstić information content (AvgIpc) is 3.16. The van der Waals surface area contributed by atoms with Crippen molar-refractivity contribution < 1.29 is 22.7 Å². The molecule has 7 nitrogen and oxygen atoms in total. The van der Waals surface area contributed by atoms with Crippen LogP contribution in [0.1, 0.15) is 16.8 Å². The highest BCUT2D eigenvalue weighted by Gasteiger charge is 2.32. The van der Waals surface area contributed by atoms with Gasteiger partial charge in [-0.25, -0.2) is 8.42 Å². The monoisotopic (exact) mass is 476 g/mol. The van der Waals surface area contributed by atoms with E-state index in [-0.39, 0.29) is 27.8 Å². The molecule has 4 rings (SSSR count). The molecule has 0 fully saturated rings. The average molecular weight is 477 g/mol. The first-order chi connectivity index (χ1) is 16.3. The Morgan fingerprint density at radius 3 is 2.18 bits per heavy atom. The van der Waals surface area contributed by atoms with Crippen molar-refractivity contribution in [1.82, 2.24) is 9.78 Å². The Hall–Kier alpha value is -3.91. The second-order valence-corrected chi connectivity index (χ2v) is 9.67. The van der Waals surface area contributed by atoms with E-state index in [0.717, 1.165) is 5.56 Å². The summed E-state index contributed by atoms with van der Waals surface area (Å²) < 4.78 is 39.4. The molecule has 0 saturated carbocycles. The number of para-hydroxylation sites is 1. The van der Waals surface area contributed by atoms with E-state index >= 15 is 0 Å². The fourth-order valence-corrected chi connectivity index (χ4v) is 5.04. The van der Waals surface area contributed by atoms with Gasteiger partial charge >= 0.3 is 5.97 Å². The van der Waals surface area contributed by atoms with Crippen LogP contribution in [-0.2, 0) is 21.1 Å². The number of sulfone groups is 1. The van der Waals surface area contributed by atoms with Crippen LogP contribution in [0.3, 0.4) is 0 Å². The van der Waals surface area contributed by atoms with Gasteiger partial charge in [-0.1, -0.05) is 48.0 Å². The third-order valence-electron chi connectivity index (χ3n) is 5.28. The number of hydrogen-bond acceptors (Lipinski definition) is 6. The normalized spacial score (nSPS) is 11.3. The van der Waals surface area contributed by atoms with Crippen LogP contribution in [0.15, 0.2) is 88.7 Å². The standard InChI is InChI=1S/C26H24N2O5S/c1-18-9-15-23(16-10-18)34(30,31)25-19(2)27-28(21-7-5-4-6-8-21)26(25)33-24(29)17-20-11-13-22(32-3)14-12-20/h4-16H,17H2,1-3H3. The van der Waals surface area contributed by atoms with Gasteiger partial charge in [0.25, 0.3) is 0 Å². The molecule has 0 N–H and O–H groups in total. The summed E-state index contributed by atoms with van der Waals surface area (Å²) in [6, 6.07) is 22.4. The number of carbonyl (C=O) groups is 1. The molecule has 8 heteroatoms. The minimum absolute atomic E-state index is 0.0486. The van der Waals surface area contributed by atoms with Gasteiger partial charge in [0.15, 0.2) is 4.90 Å². The minimum Gasteiger partial charge on any atom is -0.497 e. The molecular weight excluding hydrogens is 452 g/mol. The molecular formula is C26H24N2O5S. The fraction of sp³-hybridized carbons (Fsp3) is 0.154. The molecule has 3 aromatic carbocycles. The van der Waals surface area contributed by atoms with Gasteiger partial charge in [-0.2, -0.15) is 9.78 Å². The Kier molecular flexibility index (Phi) is 6.51. The van der Waals surface area contributed by atoms with E-state index in [1.165, 1.54) is 16.8 Å². The zero-order valence-corrected chi connectivity index (χ0v) is 19.9. The van der Waals surface area contributed by atoms with Crippen LogP contribution in [0, 0.1) is 13.8 Å². The lowest BCUT2D eigenvalue weighted by Gasteiger charge is -2.11. The smallest absolute Gasteiger partial charge is 0.317 e. The van der Waals surface area contributed by atoms with E-state index in [1.807, 2.05) is 13.0 Å². The first-order valence-corrected chi connectivity index (χ1v) is 12.1. The van der Waals surface area contributed by atoms with E-state index in [0.29, 0.717) is 17.0 Å². The van der Waals surface area contributed by atoms with Gasteiger partial charge in [0.1, 0.15) is 5.75 Å². The van der Waals surface area contributed by atoms with Gasteiger partial charge in [-0.05, 0) is 55.8 Å². The summed E-state index contributed by atoms with van der Waals surface area (Å²) in [7, 11) is -2.45. The Bertz CT molecular complexity index is 1410. The van der Waals surface area contributed by atoms with Crippen LogP contribution in [0.25, 0.3) is 5.69 Å². The number of aryl methyl sites for hydroxylation is 2. The number of aromatic nitrogens is 2. The molecule has 0 radical (unpaired) electrons. The molecule has 0 bridgehead atoms. The molecule has 0 aliphatic rings. The number of ether oxygens (including phenoxy) is 2. The number of methoxy groups -OCH3 is 1. The lowest BCUT2D eigenvalue weighted by Crippen LogP contribution is -2.16. The van der Waals surface area contributed by atoms with Crippen molar-refractivity contribution >= 4 is 15.8 Å². The Morgan fingerprint density at radius 2 is 1.56 bits per heavy atom. The number of benzene rings is 3. The number of hydrogen-bond donors (Lipinski definition) is 0. The molecule has 0 aliphatic heterocycles. The SMILES string of the molecule is COc1ccc(CC(=O)Oc2c(S(=O)(=O)c3ccc(C)cc3)c(C)nn2-c2ccccc2)cc1. The summed E-state index contributed by atoms with van der Waals surface area (Å²) >= 11 is 0. The van der Waals surface area contributed by atoms with E-state index < -0.39 is 15.8 Å². The number of carbonyl (C=O) groups excluding carboxylic acids is 1. The van der Waals surface area contributed by atoms with Crippen molar-refractivity contribution in [3.63, 3.8) is 0 Å². The second-order valence-electron chi connectivity index (χ2n) is 7.78. The molecule has 0 unspecified atom stereocenters. The fourth-order valence-electron chi connectivity index (χ4n) is 3.52. The Labute approximate surface area is 198 Å². The summed E-state index contributed by atoms with van der Waals surface area (Å²) in [4.78, 5) is 12.9. The van der Waals surface area contributed by atoms with Crippen LogP contribution in [-0.4, -0.2) is 31.3 Å². The molecule has 1 heterocycles. The quantitative estimate of drug-likeness (QED) is 0.366. The highest BCUT2D eigenvalue weighted by molar-refractivity contribution is 7.91. The van der Waals surface area contributed by atoms with Gasteiger partial charge in [0, 0.05) is 0 Å². The zero-order chi connectivity index (χ0) is 24.3. The van der Waals surface area contributed by atoms with E-state index in [2.05, 4.69) is 5.10 Å². The first kappa shape index (κ1) is 23.3. The second kappa shape index (κ2) is 9.52. The third kappa shape index (κ3) is 4.72. The number of nitrogens with zero attached hydrogens (tertiary/aromatic N) is 2. The van der Waals surface area contributed by atoms with Crippen LogP contribution in [0.4, 0.5) is 0 Å². The Balaban J connectivity index is 1.77. The molecule has 1 aromatic heterocycles. The molecule has 0 aliphatic carbocycles. The topological polar surface area (TPSA) is 87.5 Å². The zero-order valence-electron chi connectivity index (χ0n) is 19.1. The molecule has 0 spiro atoms. The molecule has 34 heavy (non-hydrogen) atoms. The van der Waals surface area contributed by atoms with Crippen molar-refractivity contribution in [2.24, 2.45) is 0 Å². The van der Waals surface area contributed by atoms with Crippen molar-refractivity contribution in [3.05, 3.63) is 95.7 Å².